The van der Waals surface area contributed by atoms with Gasteiger partial charge in [0.2, 0.25) is 6.79 Å². The van der Waals surface area contributed by atoms with E-state index >= 15 is 0 Å². The molecule has 1 aromatic rings. The fourth-order valence-electron chi connectivity index (χ4n) is 2.04. The predicted molar refractivity (Wildman–Crippen MR) is 78.3 cm³/mol. The van der Waals surface area contributed by atoms with Gasteiger partial charge in [0.05, 0.1) is 0 Å². The van der Waals surface area contributed by atoms with Crippen LogP contribution in [0.15, 0.2) is 18.2 Å². The van der Waals surface area contributed by atoms with Crippen LogP contribution in [0.2, 0.25) is 0 Å². The van der Waals surface area contributed by atoms with Gasteiger partial charge in [-0.15, -0.1) is 0 Å². The summed E-state index contributed by atoms with van der Waals surface area (Å²) in [5.74, 6) is 3.88. The van der Waals surface area contributed by atoms with Crippen molar-refractivity contribution in [3.63, 3.8) is 0 Å². The fourth-order valence-corrected chi connectivity index (χ4v) is 2.04. The number of ether oxygens (including phenoxy) is 2. The van der Waals surface area contributed by atoms with Gasteiger partial charge in [-0.2, -0.15) is 0 Å². The van der Waals surface area contributed by atoms with Crippen molar-refractivity contribution in [2.24, 2.45) is 0 Å². The summed E-state index contributed by atoms with van der Waals surface area (Å²) in [5, 5.41) is 0. The van der Waals surface area contributed by atoms with Crippen molar-refractivity contribution >= 4 is 0 Å². The molecular formula is C18H17O5W+. The van der Waals surface area contributed by atoms with Gasteiger partial charge in [0.1, 0.15) is 0 Å². The maximum Gasteiger partial charge on any atom is 2.00 e. The van der Waals surface area contributed by atoms with E-state index in [9.17, 15) is 0 Å². The van der Waals surface area contributed by atoms with E-state index in [1.165, 1.54) is 32.1 Å². The molecule has 0 unspecified atom stereocenters. The number of hydrogen-bond donors (Lipinski definition) is 0. The molecule has 1 heterocycles. The van der Waals surface area contributed by atoms with Gasteiger partial charge < -0.3 is 21.8 Å². The van der Waals surface area contributed by atoms with E-state index in [4.69, 9.17) is 29.9 Å². The van der Waals surface area contributed by atoms with Crippen LogP contribution < -0.4 is 9.47 Å². The first kappa shape index (κ1) is 27.2. The third-order valence-corrected chi connectivity index (χ3v) is 2.98. The normalized spacial score (nSPS) is 11.5. The maximum atomic E-state index is 7.50. The zero-order valence-corrected chi connectivity index (χ0v) is 16.1. The average Bonchev–Trinajstić information content (AvgIpc) is 3.35. The first-order valence-corrected chi connectivity index (χ1v) is 6.79. The van der Waals surface area contributed by atoms with Gasteiger partial charge in [0.15, 0.2) is 11.5 Å². The first-order chi connectivity index (χ1) is 11.4. The molecule has 1 saturated carbocycles. The van der Waals surface area contributed by atoms with E-state index in [1.807, 2.05) is 18.2 Å². The summed E-state index contributed by atoms with van der Waals surface area (Å²) in [6.45, 7) is 13.8. The van der Waals surface area contributed by atoms with Crippen LogP contribution in [0, 0.1) is 32.3 Å². The third-order valence-electron chi connectivity index (χ3n) is 2.98. The van der Waals surface area contributed by atoms with Crippen LogP contribution >= 0.6 is 0 Å². The summed E-state index contributed by atoms with van der Waals surface area (Å²) >= 11 is 0. The Morgan fingerprint density at radius 3 is 1.75 bits per heavy atom. The van der Waals surface area contributed by atoms with Crippen molar-refractivity contribution in [2.45, 2.75) is 38.5 Å². The minimum absolute atomic E-state index is 0. The van der Waals surface area contributed by atoms with E-state index in [1.54, 1.807) is 0 Å². The number of fused-ring (bicyclic) bond motifs is 1. The van der Waals surface area contributed by atoms with Gasteiger partial charge in [-0.3, -0.25) is 0 Å². The van der Waals surface area contributed by atoms with Crippen LogP contribution in [0.1, 0.15) is 37.7 Å². The van der Waals surface area contributed by atoms with E-state index in [0.717, 1.165) is 17.1 Å². The van der Waals surface area contributed by atoms with E-state index in [-0.39, 0.29) is 21.1 Å². The minimum Gasteiger partial charge on any atom is 2.00 e. The molecule has 0 amide bonds. The van der Waals surface area contributed by atoms with E-state index in [0.29, 0.717) is 13.2 Å². The standard InChI is InChI=1S/C10H7O2.C5H10.3CO.W/c1-2-3-8-4-5-9-10(6-8)12-7-11-9;1-2-4-5-3-1;3*1-2;/h4-6H,3,7H2;1-5H2;;;;/q-1;;;;;+2. The summed E-state index contributed by atoms with van der Waals surface area (Å²) in [6.07, 6.45) is 14.8. The molecule has 0 saturated heterocycles. The minimum atomic E-state index is 0. The van der Waals surface area contributed by atoms with E-state index < -0.39 is 0 Å². The summed E-state index contributed by atoms with van der Waals surface area (Å²) in [4.78, 5) is 0. The topological polar surface area (TPSA) is 78.2 Å². The molecule has 1 fully saturated rings. The van der Waals surface area contributed by atoms with Crippen LogP contribution in [0.25, 0.3) is 0 Å². The Labute approximate surface area is 157 Å². The van der Waals surface area contributed by atoms with Crippen molar-refractivity contribution in [2.75, 3.05) is 6.79 Å². The van der Waals surface area contributed by atoms with Crippen LogP contribution in [0.4, 0.5) is 0 Å². The molecule has 0 N–H and O–H groups in total. The molecule has 124 valence electrons. The molecule has 0 bridgehead atoms. The Morgan fingerprint density at radius 2 is 1.29 bits per heavy atom. The molecule has 2 aliphatic rings. The zero-order valence-electron chi connectivity index (χ0n) is 13.1. The molecule has 6 heteroatoms. The van der Waals surface area contributed by atoms with Crippen LogP contribution in [-0.2, 0) is 41.4 Å². The summed E-state index contributed by atoms with van der Waals surface area (Å²) < 4.78 is 32.8. The Hall–Kier alpha value is -1.71. The van der Waals surface area contributed by atoms with Gasteiger partial charge in [0, 0.05) is 0 Å². The molecule has 0 spiro atoms. The van der Waals surface area contributed by atoms with Gasteiger partial charge in [-0.1, -0.05) is 38.2 Å². The van der Waals surface area contributed by atoms with Crippen LogP contribution in [0.3, 0.4) is 0 Å². The summed E-state index contributed by atoms with van der Waals surface area (Å²) in [7, 11) is 0. The monoisotopic (exact) mass is 497 g/mol. The average molecular weight is 497 g/mol. The second-order valence-electron chi connectivity index (χ2n) is 4.31. The van der Waals surface area contributed by atoms with Crippen molar-refractivity contribution in [3.8, 4) is 17.4 Å². The molecule has 1 aliphatic heterocycles. The largest absolute Gasteiger partial charge is 2.00 e. The number of benzene rings is 1. The summed E-state index contributed by atoms with van der Waals surface area (Å²) in [5.41, 5.74) is 1.02. The molecule has 0 aromatic heterocycles. The molecular weight excluding hydrogens is 480 g/mol. The smallest absolute Gasteiger partial charge is 2.00 e. The van der Waals surface area contributed by atoms with Crippen LogP contribution in [-0.4, -0.2) is 6.79 Å². The molecule has 5 nitrogen and oxygen atoms in total. The molecule has 1 aliphatic carbocycles. The van der Waals surface area contributed by atoms with Gasteiger partial charge in [0.25, 0.3) is 0 Å². The van der Waals surface area contributed by atoms with Crippen LogP contribution in [0.5, 0.6) is 11.5 Å². The number of hydrogen-bond acceptors (Lipinski definition) is 2. The van der Waals surface area contributed by atoms with Crippen molar-refractivity contribution < 1.29 is 44.5 Å². The SMILES string of the molecule is C1CCCC1.[C-]#CCc1ccc2c(c1)OCO2.[C-]#[O+].[C-]#[O+].[C-]#[O+].[W+2]. The number of rotatable bonds is 1. The van der Waals surface area contributed by atoms with Crippen molar-refractivity contribution in [1.29, 1.82) is 0 Å². The molecule has 0 radical (unpaired) electrons. The van der Waals surface area contributed by atoms with Crippen molar-refractivity contribution in [3.05, 3.63) is 50.1 Å². The van der Waals surface area contributed by atoms with E-state index in [2.05, 4.69) is 25.9 Å². The van der Waals surface area contributed by atoms with Gasteiger partial charge >= 0.3 is 55.0 Å². The van der Waals surface area contributed by atoms with Gasteiger partial charge in [-0.25, -0.2) is 0 Å². The Morgan fingerprint density at radius 1 is 0.833 bits per heavy atom. The maximum absolute atomic E-state index is 7.50. The Balaban J connectivity index is -0.000000311. The second kappa shape index (κ2) is 21.3. The molecule has 24 heavy (non-hydrogen) atoms. The molecule has 0 atom stereocenters. The Bertz CT molecular complexity index is 503. The molecule has 3 rings (SSSR count). The second-order valence-corrected chi connectivity index (χ2v) is 4.31. The van der Waals surface area contributed by atoms with Gasteiger partial charge in [-0.05, 0) is 24.1 Å². The molecule has 1 aromatic carbocycles. The predicted octanol–water partition coefficient (Wildman–Crippen LogP) is 3.38. The van der Waals surface area contributed by atoms with Crippen molar-refractivity contribution in [1.82, 2.24) is 0 Å². The first-order valence-electron chi connectivity index (χ1n) is 6.79. The Kier molecular flexibility index (Phi) is 24.1. The fraction of sp³-hybridized carbons (Fsp3) is 0.389. The third kappa shape index (κ3) is 11.8. The zero-order chi connectivity index (χ0) is 17.9. The quantitative estimate of drug-likeness (QED) is 0.339. The summed E-state index contributed by atoms with van der Waals surface area (Å²) in [6, 6.07) is 5.65.